The minimum atomic E-state index is 0.321. The standard InChI is InChI=1S/C18H28N4O/c1-11(2)14(5)20-16-9-7-8-15(13(16)4)18-21-17(22-23-18)10-12(3)19-6/h7-9,11-12,14,19-20H,10H2,1-6H3. The summed E-state index contributed by atoms with van der Waals surface area (Å²) in [6, 6.07) is 6.87. The van der Waals surface area contributed by atoms with Gasteiger partial charge in [-0.05, 0) is 51.4 Å². The smallest absolute Gasteiger partial charge is 0.258 e. The van der Waals surface area contributed by atoms with Crippen molar-refractivity contribution >= 4 is 5.69 Å². The number of rotatable bonds is 7. The topological polar surface area (TPSA) is 63.0 Å². The summed E-state index contributed by atoms with van der Waals surface area (Å²) in [5.41, 5.74) is 3.24. The molecule has 0 bridgehead atoms. The molecule has 5 nitrogen and oxygen atoms in total. The van der Waals surface area contributed by atoms with E-state index in [2.05, 4.69) is 61.5 Å². The molecule has 0 aliphatic carbocycles. The normalized spacial score (nSPS) is 14.0. The van der Waals surface area contributed by atoms with E-state index < -0.39 is 0 Å². The third-order valence-corrected chi connectivity index (χ3v) is 4.40. The largest absolute Gasteiger partial charge is 0.382 e. The molecule has 2 aromatic rings. The monoisotopic (exact) mass is 316 g/mol. The molecular formula is C18H28N4O. The number of benzene rings is 1. The minimum absolute atomic E-state index is 0.321. The highest BCUT2D eigenvalue weighted by atomic mass is 16.5. The molecule has 0 fully saturated rings. The molecule has 0 aliphatic rings. The highest BCUT2D eigenvalue weighted by molar-refractivity contribution is 5.68. The van der Waals surface area contributed by atoms with E-state index in [1.165, 1.54) is 0 Å². The Morgan fingerprint density at radius 3 is 2.57 bits per heavy atom. The lowest BCUT2D eigenvalue weighted by atomic mass is 10.0. The van der Waals surface area contributed by atoms with E-state index in [4.69, 9.17) is 4.52 Å². The number of hydrogen-bond acceptors (Lipinski definition) is 5. The van der Waals surface area contributed by atoms with Gasteiger partial charge in [-0.15, -0.1) is 0 Å². The van der Waals surface area contributed by atoms with Gasteiger partial charge in [0.25, 0.3) is 5.89 Å². The van der Waals surface area contributed by atoms with Crippen molar-refractivity contribution in [3.05, 3.63) is 29.6 Å². The number of nitrogens with one attached hydrogen (secondary N) is 2. The predicted octanol–water partition coefficient (Wildman–Crippen LogP) is 3.65. The molecule has 23 heavy (non-hydrogen) atoms. The van der Waals surface area contributed by atoms with Gasteiger partial charge in [-0.2, -0.15) is 4.98 Å². The van der Waals surface area contributed by atoms with Gasteiger partial charge in [0.1, 0.15) is 0 Å². The second-order valence-electron chi connectivity index (χ2n) is 6.56. The predicted molar refractivity (Wildman–Crippen MR) is 94.6 cm³/mol. The highest BCUT2D eigenvalue weighted by Crippen LogP contribution is 2.28. The minimum Gasteiger partial charge on any atom is -0.382 e. The molecule has 0 saturated heterocycles. The lowest BCUT2D eigenvalue weighted by Crippen LogP contribution is -2.24. The van der Waals surface area contributed by atoms with Crippen LogP contribution in [-0.4, -0.2) is 29.3 Å². The first-order valence-corrected chi connectivity index (χ1v) is 8.28. The molecular weight excluding hydrogens is 288 g/mol. The molecule has 0 spiro atoms. The van der Waals surface area contributed by atoms with E-state index in [1.807, 2.05) is 19.2 Å². The first kappa shape index (κ1) is 17.5. The molecule has 1 heterocycles. The summed E-state index contributed by atoms with van der Waals surface area (Å²) in [6.07, 6.45) is 0.751. The summed E-state index contributed by atoms with van der Waals surface area (Å²) in [5, 5.41) is 10.8. The zero-order valence-electron chi connectivity index (χ0n) is 15.0. The summed E-state index contributed by atoms with van der Waals surface area (Å²) in [7, 11) is 1.93. The Labute approximate surface area is 138 Å². The molecule has 0 saturated carbocycles. The molecule has 1 aromatic heterocycles. The van der Waals surface area contributed by atoms with Crippen molar-refractivity contribution in [2.75, 3.05) is 12.4 Å². The molecule has 0 aliphatic heterocycles. The molecule has 2 N–H and O–H groups in total. The average Bonchev–Trinajstić information content (AvgIpc) is 2.97. The summed E-state index contributed by atoms with van der Waals surface area (Å²) < 4.78 is 5.47. The molecule has 126 valence electrons. The van der Waals surface area contributed by atoms with Crippen molar-refractivity contribution in [3.63, 3.8) is 0 Å². The first-order valence-electron chi connectivity index (χ1n) is 8.28. The fourth-order valence-corrected chi connectivity index (χ4v) is 2.26. The first-order chi connectivity index (χ1) is 10.9. The molecule has 1 aromatic carbocycles. The average molecular weight is 316 g/mol. The van der Waals surface area contributed by atoms with Crippen LogP contribution in [0.2, 0.25) is 0 Å². The summed E-state index contributed by atoms with van der Waals surface area (Å²) in [5.74, 6) is 1.88. The van der Waals surface area contributed by atoms with Crippen molar-refractivity contribution in [1.29, 1.82) is 0 Å². The fraction of sp³-hybridized carbons (Fsp3) is 0.556. The van der Waals surface area contributed by atoms with Crippen LogP contribution in [-0.2, 0) is 6.42 Å². The van der Waals surface area contributed by atoms with E-state index in [0.717, 1.165) is 29.1 Å². The summed E-state index contributed by atoms with van der Waals surface area (Å²) in [4.78, 5) is 4.54. The van der Waals surface area contributed by atoms with Crippen molar-refractivity contribution in [2.45, 2.75) is 53.1 Å². The Kier molecular flexibility index (Phi) is 5.77. The summed E-state index contributed by atoms with van der Waals surface area (Å²) >= 11 is 0. The van der Waals surface area contributed by atoms with Gasteiger partial charge in [0, 0.05) is 29.8 Å². The number of aromatic nitrogens is 2. The molecule has 2 unspecified atom stereocenters. The van der Waals surface area contributed by atoms with Crippen LogP contribution in [0.15, 0.2) is 22.7 Å². The Morgan fingerprint density at radius 2 is 1.91 bits per heavy atom. The van der Waals surface area contributed by atoms with E-state index in [1.54, 1.807) is 0 Å². The summed E-state index contributed by atoms with van der Waals surface area (Å²) in [6.45, 7) is 10.8. The number of anilines is 1. The lowest BCUT2D eigenvalue weighted by Gasteiger charge is -2.20. The van der Waals surface area contributed by atoms with Gasteiger partial charge in [-0.3, -0.25) is 0 Å². The third kappa shape index (κ3) is 4.32. The fourth-order valence-electron chi connectivity index (χ4n) is 2.26. The highest BCUT2D eigenvalue weighted by Gasteiger charge is 2.16. The maximum atomic E-state index is 5.47. The Hall–Kier alpha value is -1.88. The van der Waals surface area contributed by atoms with Crippen LogP contribution < -0.4 is 10.6 Å². The molecule has 2 rings (SSSR count). The van der Waals surface area contributed by atoms with Gasteiger partial charge in [0.05, 0.1) is 0 Å². The zero-order valence-corrected chi connectivity index (χ0v) is 15.0. The van der Waals surface area contributed by atoms with Crippen LogP contribution in [0.1, 0.15) is 39.1 Å². The van der Waals surface area contributed by atoms with Gasteiger partial charge in [0.2, 0.25) is 0 Å². The zero-order chi connectivity index (χ0) is 17.0. The second kappa shape index (κ2) is 7.59. The lowest BCUT2D eigenvalue weighted by molar-refractivity contribution is 0.418. The van der Waals surface area contributed by atoms with E-state index in [-0.39, 0.29) is 0 Å². The van der Waals surface area contributed by atoms with Crippen LogP contribution in [0, 0.1) is 12.8 Å². The SMILES string of the molecule is CNC(C)Cc1noc(-c2cccc(NC(C)C(C)C)c2C)n1. The van der Waals surface area contributed by atoms with Gasteiger partial charge in [0.15, 0.2) is 5.82 Å². The van der Waals surface area contributed by atoms with Crippen molar-refractivity contribution in [2.24, 2.45) is 5.92 Å². The second-order valence-corrected chi connectivity index (χ2v) is 6.56. The maximum Gasteiger partial charge on any atom is 0.258 e. The Balaban J connectivity index is 2.23. The number of hydrogen-bond donors (Lipinski definition) is 2. The van der Waals surface area contributed by atoms with E-state index >= 15 is 0 Å². The Bertz CT molecular complexity index is 636. The van der Waals surface area contributed by atoms with Gasteiger partial charge >= 0.3 is 0 Å². The Morgan fingerprint density at radius 1 is 1.17 bits per heavy atom. The van der Waals surface area contributed by atoms with Crippen LogP contribution in [0.3, 0.4) is 0 Å². The van der Waals surface area contributed by atoms with E-state index in [9.17, 15) is 0 Å². The molecule has 0 radical (unpaired) electrons. The van der Waals surface area contributed by atoms with Crippen LogP contribution >= 0.6 is 0 Å². The van der Waals surface area contributed by atoms with Gasteiger partial charge < -0.3 is 15.2 Å². The van der Waals surface area contributed by atoms with Gasteiger partial charge in [-0.25, -0.2) is 0 Å². The molecule has 0 amide bonds. The number of nitrogens with zero attached hydrogens (tertiary/aromatic N) is 2. The third-order valence-electron chi connectivity index (χ3n) is 4.40. The number of likely N-dealkylation sites (N-methyl/N-ethyl adjacent to an activating group) is 1. The molecule has 5 heteroatoms. The van der Waals surface area contributed by atoms with Crippen molar-refractivity contribution < 1.29 is 4.52 Å². The van der Waals surface area contributed by atoms with Crippen LogP contribution in [0.4, 0.5) is 5.69 Å². The van der Waals surface area contributed by atoms with Gasteiger partial charge in [-0.1, -0.05) is 25.1 Å². The molecule has 2 atom stereocenters. The van der Waals surface area contributed by atoms with Crippen molar-refractivity contribution in [1.82, 2.24) is 15.5 Å². The van der Waals surface area contributed by atoms with Crippen molar-refractivity contribution in [3.8, 4) is 11.5 Å². The maximum absolute atomic E-state index is 5.47. The quantitative estimate of drug-likeness (QED) is 0.816. The van der Waals surface area contributed by atoms with E-state index in [0.29, 0.717) is 23.9 Å². The van der Waals surface area contributed by atoms with Crippen LogP contribution in [0.25, 0.3) is 11.5 Å². The van der Waals surface area contributed by atoms with Crippen LogP contribution in [0.5, 0.6) is 0 Å².